The average Bonchev–Trinajstić information content (AvgIpc) is 3.46. The van der Waals surface area contributed by atoms with Crippen LogP contribution in [0.25, 0.3) is 5.76 Å². The Kier molecular flexibility index (Phi) is 7.25. The highest BCUT2D eigenvalue weighted by atomic mass is 35.5. The van der Waals surface area contributed by atoms with Crippen LogP contribution in [-0.4, -0.2) is 32.0 Å². The van der Waals surface area contributed by atoms with Crippen LogP contribution < -0.4 is 4.90 Å². The second-order valence-electron chi connectivity index (χ2n) is 7.83. The summed E-state index contributed by atoms with van der Waals surface area (Å²) >= 11 is 14.7. The molecule has 0 radical (unpaired) electrons. The Morgan fingerprint density at radius 2 is 1.78 bits per heavy atom. The first-order valence-electron chi connectivity index (χ1n) is 10.7. The lowest BCUT2D eigenvalue weighted by molar-refractivity contribution is -0.132. The highest BCUT2D eigenvalue weighted by Gasteiger charge is 2.48. The van der Waals surface area contributed by atoms with Gasteiger partial charge < -0.3 is 5.11 Å². The van der Waals surface area contributed by atoms with Crippen LogP contribution in [0, 0.1) is 5.82 Å². The first kappa shape index (κ1) is 25.3. The topological polar surface area (TPSA) is 96.3 Å². The fraction of sp³-hybridized carbons (Fsp3) is 0.0800. The number of hydrogen-bond donors (Lipinski definition) is 1. The summed E-state index contributed by atoms with van der Waals surface area (Å²) in [4.78, 5) is 31.6. The van der Waals surface area contributed by atoms with E-state index in [0.717, 1.165) is 29.0 Å². The summed E-state index contributed by atoms with van der Waals surface area (Å²) in [6.45, 7) is 0. The van der Waals surface area contributed by atoms with Crippen LogP contribution >= 0.6 is 46.3 Å². The van der Waals surface area contributed by atoms with Crippen LogP contribution in [0.1, 0.15) is 22.7 Å². The Bertz CT molecular complexity index is 1530. The van der Waals surface area contributed by atoms with E-state index in [2.05, 4.69) is 15.2 Å². The summed E-state index contributed by atoms with van der Waals surface area (Å²) in [6.07, 6.45) is 3.04. The number of thioether (sulfide) groups is 1. The number of aliphatic hydroxyl groups is 1. The zero-order chi connectivity index (χ0) is 26.1. The molecule has 2 aromatic carbocycles. The molecule has 1 saturated heterocycles. The first-order chi connectivity index (χ1) is 17.8. The van der Waals surface area contributed by atoms with Gasteiger partial charge in [0.1, 0.15) is 11.6 Å². The van der Waals surface area contributed by atoms with Gasteiger partial charge in [-0.05, 0) is 59.7 Å². The molecule has 1 fully saturated rings. The van der Waals surface area contributed by atoms with Crippen molar-refractivity contribution >= 4 is 68.9 Å². The van der Waals surface area contributed by atoms with E-state index in [-0.39, 0.29) is 16.3 Å². The molecule has 7 nitrogen and oxygen atoms in total. The fourth-order valence-corrected chi connectivity index (χ4v) is 6.22. The van der Waals surface area contributed by atoms with E-state index in [1.165, 1.54) is 41.2 Å². The molecule has 1 N–H and O–H groups in total. The number of rotatable bonds is 6. The highest BCUT2D eigenvalue weighted by Crippen LogP contribution is 2.44. The van der Waals surface area contributed by atoms with Gasteiger partial charge >= 0.3 is 5.91 Å². The summed E-state index contributed by atoms with van der Waals surface area (Å²) in [5.41, 5.74) is 1.45. The molecule has 4 aromatic rings. The standard InChI is InChI=1S/C25H15Cl2FN4O3S2/c26-16-4-1-15(18(27)11-16)12-36-25-31-30-24(37-25)32-20(13-7-9-29-10-8-13)19(22(34)23(32)35)21(33)14-2-5-17(28)6-3-14/h1-11,20,33H,12H2/b21-19-. The molecule has 1 amide bonds. The third kappa shape index (κ3) is 5.10. The number of carbonyl (C=O) groups excluding carboxylic acids is 2. The minimum atomic E-state index is -0.982. The Balaban J connectivity index is 1.51. The normalized spacial score (nSPS) is 16.9. The van der Waals surface area contributed by atoms with E-state index in [0.29, 0.717) is 25.7 Å². The van der Waals surface area contributed by atoms with Crippen molar-refractivity contribution in [2.75, 3.05) is 4.90 Å². The van der Waals surface area contributed by atoms with Crippen LogP contribution in [0.3, 0.4) is 0 Å². The zero-order valence-corrected chi connectivity index (χ0v) is 21.8. The number of amides is 1. The van der Waals surface area contributed by atoms with E-state index in [4.69, 9.17) is 23.2 Å². The van der Waals surface area contributed by atoms with Crippen molar-refractivity contribution < 1.29 is 19.1 Å². The maximum Gasteiger partial charge on any atom is 0.301 e. The van der Waals surface area contributed by atoms with Gasteiger partial charge in [-0.1, -0.05) is 52.4 Å². The van der Waals surface area contributed by atoms with Crippen molar-refractivity contribution in [1.82, 2.24) is 15.2 Å². The van der Waals surface area contributed by atoms with Gasteiger partial charge in [-0.25, -0.2) is 4.39 Å². The number of ketones is 1. The average molecular weight is 573 g/mol. The van der Waals surface area contributed by atoms with Gasteiger partial charge in [0, 0.05) is 33.8 Å². The lowest BCUT2D eigenvalue weighted by atomic mass is 9.96. The van der Waals surface area contributed by atoms with E-state index >= 15 is 0 Å². The summed E-state index contributed by atoms with van der Waals surface area (Å²) < 4.78 is 14.0. The lowest BCUT2D eigenvalue weighted by Crippen LogP contribution is -2.29. The Morgan fingerprint density at radius 3 is 2.49 bits per heavy atom. The molecule has 0 saturated carbocycles. The van der Waals surface area contributed by atoms with Crippen molar-refractivity contribution in [1.29, 1.82) is 0 Å². The van der Waals surface area contributed by atoms with Gasteiger partial charge in [0.2, 0.25) is 5.13 Å². The van der Waals surface area contributed by atoms with E-state index in [9.17, 15) is 19.1 Å². The molecule has 1 atom stereocenters. The van der Waals surface area contributed by atoms with Crippen molar-refractivity contribution in [2.24, 2.45) is 0 Å². The van der Waals surface area contributed by atoms with Crippen molar-refractivity contribution in [3.63, 3.8) is 0 Å². The lowest BCUT2D eigenvalue weighted by Gasteiger charge is -2.22. The molecule has 0 bridgehead atoms. The van der Waals surface area contributed by atoms with Gasteiger partial charge in [0.05, 0.1) is 11.6 Å². The van der Waals surface area contributed by atoms with Crippen LogP contribution in [0.15, 0.2) is 76.9 Å². The molecule has 37 heavy (non-hydrogen) atoms. The molecule has 0 aliphatic carbocycles. The molecule has 3 heterocycles. The van der Waals surface area contributed by atoms with Crippen LogP contribution in [0.5, 0.6) is 0 Å². The van der Waals surface area contributed by atoms with Gasteiger partial charge in [0.25, 0.3) is 5.78 Å². The van der Waals surface area contributed by atoms with Gasteiger partial charge in [-0.15, -0.1) is 10.2 Å². The molecule has 12 heteroatoms. The van der Waals surface area contributed by atoms with Crippen molar-refractivity contribution in [2.45, 2.75) is 16.1 Å². The summed E-state index contributed by atoms with van der Waals surface area (Å²) in [5, 5.41) is 20.6. The number of aromatic nitrogens is 3. The van der Waals surface area contributed by atoms with E-state index in [1.807, 2.05) is 6.07 Å². The highest BCUT2D eigenvalue weighted by molar-refractivity contribution is 8.00. The minimum absolute atomic E-state index is 0.139. The molecule has 186 valence electrons. The second-order valence-corrected chi connectivity index (χ2v) is 10.9. The number of benzene rings is 2. The third-order valence-electron chi connectivity index (χ3n) is 5.55. The predicted octanol–water partition coefficient (Wildman–Crippen LogP) is 6.30. The molecular formula is C25H15Cl2FN4O3S2. The summed E-state index contributed by atoms with van der Waals surface area (Å²) in [7, 11) is 0. The largest absolute Gasteiger partial charge is 0.507 e. The maximum atomic E-state index is 13.4. The van der Waals surface area contributed by atoms with Gasteiger partial charge in [-0.2, -0.15) is 0 Å². The Morgan fingerprint density at radius 1 is 1.05 bits per heavy atom. The number of hydrogen-bond acceptors (Lipinski definition) is 8. The monoisotopic (exact) mass is 572 g/mol. The summed E-state index contributed by atoms with van der Waals surface area (Å²) in [5.74, 6) is -2.18. The van der Waals surface area contributed by atoms with E-state index in [1.54, 1.807) is 24.3 Å². The van der Waals surface area contributed by atoms with Gasteiger partial charge in [0.15, 0.2) is 4.34 Å². The number of Topliss-reactive ketones (excluding diaryl/α,β-unsaturated/α-hetero) is 1. The Hall–Kier alpha value is -3.31. The van der Waals surface area contributed by atoms with Crippen LogP contribution in [-0.2, 0) is 15.3 Å². The van der Waals surface area contributed by atoms with Crippen LogP contribution in [0.4, 0.5) is 9.52 Å². The fourth-order valence-electron chi connectivity index (χ4n) is 3.79. The summed E-state index contributed by atoms with van der Waals surface area (Å²) in [6, 6.07) is 12.5. The Labute approximate surface area is 228 Å². The molecule has 1 aliphatic rings. The van der Waals surface area contributed by atoms with Gasteiger partial charge in [-0.3, -0.25) is 19.5 Å². The molecule has 0 spiro atoms. The molecule has 1 unspecified atom stereocenters. The quantitative estimate of drug-likeness (QED) is 0.0951. The first-order valence-corrected chi connectivity index (χ1v) is 13.3. The maximum absolute atomic E-state index is 13.4. The molecular weight excluding hydrogens is 558 g/mol. The predicted molar refractivity (Wildman–Crippen MR) is 141 cm³/mol. The zero-order valence-electron chi connectivity index (χ0n) is 18.6. The number of pyridine rings is 1. The second kappa shape index (κ2) is 10.6. The SMILES string of the molecule is O=C1C(=O)N(c2nnc(SCc3ccc(Cl)cc3Cl)s2)C(c2ccncc2)/C1=C(/O)c1ccc(F)cc1. The van der Waals surface area contributed by atoms with E-state index < -0.39 is 29.3 Å². The molecule has 5 rings (SSSR count). The minimum Gasteiger partial charge on any atom is -0.507 e. The number of aliphatic hydroxyl groups excluding tert-OH is 1. The van der Waals surface area contributed by atoms with Crippen LogP contribution in [0.2, 0.25) is 10.0 Å². The number of carbonyl (C=O) groups is 2. The van der Waals surface area contributed by atoms with Crippen molar-refractivity contribution in [3.8, 4) is 0 Å². The smallest absolute Gasteiger partial charge is 0.301 e. The van der Waals surface area contributed by atoms with Crippen molar-refractivity contribution in [3.05, 3.63) is 105 Å². The molecule has 1 aliphatic heterocycles. The molecule has 2 aromatic heterocycles. The number of nitrogens with zero attached hydrogens (tertiary/aromatic N) is 4. The number of anilines is 1. The third-order valence-corrected chi connectivity index (χ3v) is 8.24. The number of halogens is 3.